The highest BCUT2D eigenvalue weighted by Gasteiger charge is 1.99. The van der Waals surface area contributed by atoms with E-state index in [9.17, 15) is 9.59 Å². The normalized spacial score (nSPS) is 8.35. The van der Waals surface area contributed by atoms with Gasteiger partial charge >= 0.3 is 20.2 Å². The molecule has 0 aliphatic carbocycles. The van der Waals surface area contributed by atoms with Crippen LogP contribution in [0.4, 0.5) is 0 Å². The lowest BCUT2D eigenvalue weighted by atomic mass is 10.5. The minimum Gasteiger partial charge on any atom is -0.481 e. The topological polar surface area (TPSA) is 169 Å². The van der Waals surface area contributed by atoms with Crippen molar-refractivity contribution in [2.45, 2.75) is 19.8 Å². The molecule has 0 rings (SSSR count). The van der Waals surface area contributed by atoms with Crippen LogP contribution in [0, 0.1) is 0 Å². The van der Waals surface area contributed by atoms with Gasteiger partial charge in [0.15, 0.2) is 0 Å². The molecule has 0 amide bonds. The fourth-order valence-corrected chi connectivity index (χ4v) is 2.33. The lowest BCUT2D eigenvalue weighted by Crippen LogP contribution is -1.96. The molecule has 12 heteroatoms. The van der Waals surface area contributed by atoms with E-state index >= 15 is 0 Å². The number of carboxylic acids is 3. The van der Waals surface area contributed by atoms with Gasteiger partial charge in [0, 0.05) is 23.0 Å². The Hall–Kier alpha value is -0.870. The minimum absolute atomic E-state index is 0.130. The van der Waals surface area contributed by atoms with Crippen LogP contribution in [0.5, 0.6) is 0 Å². The van der Waals surface area contributed by atoms with Gasteiger partial charge in [0.05, 0.1) is 12.8 Å². The van der Waals surface area contributed by atoms with E-state index in [1.54, 1.807) is 0 Å². The molecule has 0 heterocycles. The molecule has 0 spiro atoms. The first-order valence-corrected chi connectivity index (χ1v) is 8.47. The van der Waals surface area contributed by atoms with E-state index in [4.69, 9.17) is 34.5 Å². The summed E-state index contributed by atoms with van der Waals surface area (Å²) < 4.78 is 8.70. The van der Waals surface area contributed by atoms with E-state index in [2.05, 4.69) is 0 Å². The first-order valence-electron chi connectivity index (χ1n) is 4.82. The molecule has 0 saturated carbocycles. The monoisotopic (exact) mass is 351 g/mol. The molecular formula is C8H16O9PS2+. The predicted octanol–water partition coefficient (Wildman–Crippen LogP) is 1.04. The first kappa shape index (κ1) is 24.2. The largest absolute Gasteiger partial charge is 0.692 e. The Kier molecular flexibility index (Phi) is 21.9. The van der Waals surface area contributed by atoms with Gasteiger partial charge in [0.2, 0.25) is 0 Å². The summed E-state index contributed by atoms with van der Waals surface area (Å²) in [7, 11) is -0.0782. The van der Waals surface area contributed by atoms with Gasteiger partial charge in [0.1, 0.15) is 0 Å². The molecule has 20 heavy (non-hydrogen) atoms. The molecule has 0 saturated heterocycles. The van der Waals surface area contributed by atoms with Crippen LogP contribution in [0.15, 0.2) is 0 Å². The van der Waals surface area contributed by atoms with E-state index < -0.39 is 26.2 Å². The van der Waals surface area contributed by atoms with Crippen molar-refractivity contribution in [1.82, 2.24) is 0 Å². The van der Waals surface area contributed by atoms with Gasteiger partial charge in [-0.3, -0.25) is 14.4 Å². The number of carbonyl (C=O) groups is 3. The highest BCUT2D eigenvalue weighted by molar-refractivity contribution is 8.76. The third-order valence-corrected chi connectivity index (χ3v) is 3.29. The number of rotatable bonds is 7. The molecule has 118 valence electrons. The molecule has 9 nitrogen and oxygen atoms in total. The Labute approximate surface area is 123 Å². The third-order valence-electron chi connectivity index (χ3n) is 0.882. The van der Waals surface area contributed by atoms with Gasteiger partial charge in [0.25, 0.3) is 5.97 Å². The number of hydrogen-bond donors (Lipinski definition) is 5. The second-order valence-corrected chi connectivity index (χ2v) is 5.91. The summed E-state index contributed by atoms with van der Waals surface area (Å²) in [5.74, 6) is -1.41. The lowest BCUT2D eigenvalue weighted by molar-refractivity contribution is -0.137. The molecular weight excluding hydrogens is 335 g/mol. The smallest absolute Gasteiger partial charge is 0.481 e. The maximum Gasteiger partial charge on any atom is 0.692 e. The number of aliphatic carboxylic acids is 3. The minimum atomic E-state index is -2.87. The Morgan fingerprint density at radius 2 is 1.10 bits per heavy atom. The van der Waals surface area contributed by atoms with Gasteiger partial charge in [-0.05, 0) is 0 Å². The van der Waals surface area contributed by atoms with Gasteiger partial charge in [-0.25, -0.2) is 0 Å². The Morgan fingerprint density at radius 1 is 0.900 bits per heavy atom. The molecule has 0 aliphatic heterocycles. The molecule has 0 unspecified atom stereocenters. The summed E-state index contributed by atoms with van der Waals surface area (Å²) in [5, 5.41) is 23.9. The van der Waals surface area contributed by atoms with Crippen LogP contribution in [-0.4, -0.2) is 54.5 Å². The standard InChI is InChI=1S/C6H10O4S2.C2H4O2.HO3P/c7-5(8)1-3-11-12-4-2-6(9)10;1-2(3)4;1-4(2)3/h1-4H2,(H,7,8)(H,9,10);1H3,(H,3,4);(H-,1,2,3)/p+1. The summed E-state index contributed by atoms with van der Waals surface area (Å²) >= 11 is 0. The van der Waals surface area contributed by atoms with Crippen LogP contribution in [0.25, 0.3) is 0 Å². The van der Waals surface area contributed by atoms with E-state index in [1.807, 2.05) is 0 Å². The zero-order chi connectivity index (χ0) is 16.6. The molecule has 0 aliphatic rings. The van der Waals surface area contributed by atoms with Crippen LogP contribution in [0.3, 0.4) is 0 Å². The van der Waals surface area contributed by atoms with Crippen molar-refractivity contribution in [3.63, 3.8) is 0 Å². The zero-order valence-electron chi connectivity index (χ0n) is 10.5. The fraction of sp³-hybridized carbons (Fsp3) is 0.625. The van der Waals surface area contributed by atoms with Crippen molar-refractivity contribution in [2.75, 3.05) is 11.5 Å². The van der Waals surface area contributed by atoms with Gasteiger partial charge in [-0.1, -0.05) is 21.6 Å². The highest BCUT2D eigenvalue weighted by Crippen LogP contribution is 2.22. The number of hydrogen-bond acceptors (Lipinski definition) is 6. The van der Waals surface area contributed by atoms with E-state index in [0.717, 1.165) is 6.92 Å². The molecule has 0 aromatic rings. The van der Waals surface area contributed by atoms with Crippen LogP contribution < -0.4 is 0 Å². The van der Waals surface area contributed by atoms with Gasteiger partial charge in [-0.2, -0.15) is 0 Å². The highest BCUT2D eigenvalue weighted by atomic mass is 33.1. The zero-order valence-corrected chi connectivity index (χ0v) is 13.0. The lowest BCUT2D eigenvalue weighted by Gasteiger charge is -1.95. The summed E-state index contributed by atoms with van der Waals surface area (Å²) in [6.07, 6.45) is 0.259. The van der Waals surface area contributed by atoms with E-state index in [-0.39, 0.29) is 12.8 Å². The molecule has 0 aromatic heterocycles. The number of carboxylic acid groups (broad SMARTS) is 3. The molecule has 5 N–H and O–H groups in total. The second kappa shape index (κ2) is 18.1. The molecule has 0 aromatic carbocycles. The van der Waals surface area contributed by atoms with E-state index in [1.165, 1.54) is 21.6 Å². The Morgan fingerprint density at radius 3 is 1.25 bits per heavy atom. The predicted molar refractivity (Wildman–Crippen MR) is 74.8 cm³/mol. The summed E-state index contributed by atoms with van der Waals surface area (Å²) in [6.45, 7) is 1.08. The van der Waals surface area contributed by atoms with Crippen molar-refractivity contribution in [3.05, 3.63) is 0 Å². The van der Waals surface area contributed by atoms with Crippen LogP contribution in [0.2, 0.25) is 0 Å². The van der Waals surface area contributed by atoms with E-state index in [0.29, 0.717) is 11.5 Å². The van der Waals surface area contributed by atoms with Gasteiger partial charge < -0.3 is 15.3 Å². The molecule has 0 atom stereocenters. The maximum atomic E-state index is 10.0. The molecule has 0 bridgehead atoms. The summed E-state index contributed by atoms with van der Waals surface area (Å²) in [6, 6.07) is 0. The van der Waals surface area contributed by atoms with Crippen LogP contribution >= 0.6 is 29.8 Å². The summed E-state index contributed by atoms with van der Waals surface area (Å²) in [4.78, 5) is 43.3. The van der Waals surface area contributed by atoms with Gasteiger partial charge in [-0.15, -0.1) is 9.79 Å². The maximum absolute atomic E-state index is 10.0. The van der Waals surface area contributed by atoms with Crippen molar-refractivity contribution in [1.29, 1.82) is 0 Å². The first-order chi connectivity index (χ1) is 9.09. The SMILES string of the molecule is CC(=O)O.O=C(O)CCSSCCC(=O)O.O=[P+](O)O. The van der Waals surface area contributed by atoms with Crippen molar-refractivity contribution >= 4 is 47.8 Å². The average molecular weight is 351 g/mol. The van der Waals surface area contributed by atoms with Crippen molar-refractivity contribution < 1.29 is 44.1 Å². The average Bonchev–Trinajstić information content (AvgIpc) is 2.20. The second-order valence-electron chi connectivity index (χ2n) is 2.70. The fourth-order valence-electron chi connectivity index (χ4n) is 0.376. The summed E-state index contributed by atoms with van der Waals surface area (Å²) in [5.41, 5.74) is 0. The molecule has 0 radical (unpaired) electrons. The van der Waals surface area contributed by atoms with Crippen molar-refractivity contribution in [2.24, 2.45) is 0 Å². The Bertz CT molecular complexity index is 272. The third kappa shape index (κ3) is 67.4. The van der Waals surface area contributed by atoms with Crippen LogP contribution in [0.1, 0.15) is 19.8 Å². The van der Waals surface area contributed by atoms with Crippen LogP contribution in [-0.2, 0) is 18.9 Å². The Balaban J connectivity index is -0.000000297. The van der Waals surface area contributed by atoms with Crippen molar-refractivity contribution in [3.8, 4) is 0 Å². The molecule has 0 fully saturated rings. The quantitative estimate of drug-likeness (QED) is 0.252.